The fraction of sp³-hybridized carbons (Fsp3) is 0.556. The second kappa shape index (κ2) is 4.06. The quantitative estimate of drug-likeness (QED) is 0.787. The Balaban J connectivity index is 2.56. The molecule has 1 amide bonds. The lowest BCUT2D eigenvalue weighted by Gasteiger charge is -2.17. The van der Waals surface area contributed by atoms with E-state index in [1.807, 2.05) is 0 Å². The van der Waals surface area contributed by atoms with Gasteiger partial charge in [0.15, 0.2) is 0 Å². The van der Waals surface area contributed by atoms with Crippen molar-refractivity contribution in [2.45, 2.75) is 26.4 Å². The van der Waals surface area contributed by atoms with E-state index >= 15 is 0 Å². The number of carbonyl (C=O) groups excluding carboxylic acids is 1. The van der Waals surface area contributed by atoms with Crippen LogP contribution in [0.5, 0.6) is 0 Å². The molecule has 0 bridgehead atoms. The molecule has 0 atom stereocenters. The van der Waals surface area contributed by atoms with Crippen LogP contribution in [0, 0.1) is 6.92 Å². The first kappa shape index (κ1) is 11.1. The van der Waals surface area contributed by atoms with Crippen molar-refractivity contribution in [3.8, 4) is 0 Å². The Bertz CT molecular complexity index is 328. The first-order valence-electron chi connectivity index (χ1n) is 4.31. The summed E-state index contributed by atoms with van der Waals surface area (Å²) in [5.41, 5.74) is 1.48. The first-order valence-corrected chi connectivity index (χ1v) is 5.19. The van der Waals surface area contributed by atoms with Crippen LogP contribution in [0.15, 0.2) is 5.51 Å². The second-order valence-corrected chi connectivity index (χ2v) is 4.62. The van der Waals surface area contributed by atoms with Gasteiger partial charge in [-0.15, -0.1) is 11.3 Å². The van der Waals surface area contributed by atoms with E-state index in [0.717, 1.165) is 5.69 Å². The van der Waals surface area contributed by atoms with Gasteiger partial charge in [0.2, 0.25) is 0 Å². The van der Waals surface area contributed by atoms with E-state index in [2.05, 4.69) is 10.3 Å². The van der Waals surface area contributed by atoms with E-state index in [9.17, 15) is 9.90 Å². The van der Waals surface area contributed by atoms with Gasteiger partial charge in [0.05, 0.1) is 16.8 Å². The van der Waals surface area contributed by atoms with Gasteiger partial charge in [-0.3, -0.25) is 4.79 Å². The predicted molar refractivity (Wildman–Crippen MR) is 55.5 cm³/mol. The van der Waals surface area contributed by atoms with Crippen molar-refractivity contribution < 1.29 is 9.90 Å². The topological polar surface area (TPSA) is 62.2 Å². The summed E-state index contributed by atoms with van der Waals surface area (Å²) >= 11 is 1.30. The van der Waals surface area contributed by atoms with Crippen LogP contribution < -0.4 is 5.32 Å². The SMILES string of the molecule is Cc1ncsc1C(=O)NCC(C)(C)O. The molecule has 0 aliphatic heterocycles. The summed E-state index contributed by atoms with van der Waals surface area (Å²) < 4.78 is 0. The molecule has 0 saturated carbocycles. The minimum absolute atomic E-state index is 0.174. The monoisotopic (exact) mass is 214 g/mol. The molecule has 14 heavy (non-hydrogen) atoms. The maximum absolute atomic E-state index is 11.5. The normalized spacial score (nSPS) is 11.4. The second-order valence-electron chi connectivity index (χ2n) is 3.76. The van der Waals surface area contributed by atoms with Crippen molar-refractivity contribution in [2.75, 3.05) is 6.54 Å². The zero-order chi connectivity index (χ0) is 10.8. The van der Waals surface area contributed by atoms with Crippen molar-refractivity contribution in [1.82, 2.24) is 10.3 Å². The van der Waals surface area contributed by atoms with E-state index < -0.39 is 5.60 Å². The fourth-order valence-corrected chi connectivity index (χ4v) is 1.62. The molecule has 0 saturated heterocycles. The first-order chi connectivity index (χ1) is 6.40. The Morgan fingerprint density at radius 3 is 2.79 bits per heavy atom. The number of nitrogens with one attached hydrogen (secondary N) is 1. The molecule has 0 unspecified atom stereocenters. The van der Waals surface area contributed by atoms with Gasteiger partial charge in [-0.1, -0.05) is 0 Å². The standard InChI is InChI=1S/C9H14N2O2S/c1-6-7(14-5-11-6)8(12)10-4-9(2,3)13/h5,13H,4H2,1-3H3,(H,10,12). The van der Waals surface area contributed by atoms with Gasteiger partial charge >= 0.3 is 0 Å². The lowest BCUT2D eigenvalue weighted by molar-refractivity contribution is 0.0696. The molecule has 0 aliphatic carbocycles. The highest BCUT2D eigenvalue weighted by Crippen LogP contribution is 2.11. The Morgan fingerprint density at radius 2 is 2.36 bits per heavy atom. The molecule has 5 heteroatoms. The number of hydrogen-bond acceptors (Lipinski definition) is 4. The zero-order valence-corrected chi connectivity index (χ0v) is 9.31. The van der Waals surface area contributed by atoms with Crippen molar-refractivity contribution >= 4 is 17.2 Å². The van der Waals surface area contributed by atoms with Crippen LogP contribution in [0.4, 0.5) is 0 Å². The van der Waals surface area contributed by atoms with Gasteiger partial charge in [0.1, 0.15) is 4.88 Å². The Hall–Kier alpha value is -0.940. The lowest BCUT2D eigenvalue weighted by atomic mass is 10.1. The summed E-state index contributed by atoms with van der Waals surface area (Å²) in [5, 5.41) is 12.1. The van der Waals surface area contributed by atoms with Crippen LogP contribution in [-0.2, 0) is 0 Å². The van der Waals surface area contributed by atoms with Crippen LogP contribution in [0.1, 0.15) is 29.2 Å². The molecule has 4 nitrogen and oxygen atoms in total. The van der Waals surface area contributed by atoms with E-state index in [1.54, 1.807) is 26.3 Å². The largest absolute Gasteiger partial charge is 0.389 e. The molecule has 0 spiro atoms. The number of nitrogens with zero attached hydrogens (tertiary/aromatic N) is 1. The number of hydrogen-bond donors (Lipinski definition) is 2. The number of aromatic nitrogens is 1. The van der Waals surface area contributed by atoms with Crippen LogP contribution in [0.3, 0.4) is 0 Å². The van der Waals surface area contributed by atoms with Gasteiger partial charge < -0.3 is 10.4 Å². The van der Waals surface area contributed by atoms with Crippen molar-refractivity contribution in [3.63, 3.8) is 0 Å². The summed E-state index contributed by atoms with van der Waals surface area (Å²) in [6.07, 6.45) is 0. The molecule has 0 aromatic carbocycles. The number of thiazole rings is 1. The van der Waals surface area contributed by atoms with Gasteiger partial charge in [-0.2, -0.15) is 0 Å². The highest BCUT2D eigenvalue weighted by atomic mass is 32.1. The maximum Gasteiger partial charge on any atom is 0.263 e. The molecule has 1 aromatic heterocycles. The van der Waals surface area contributed by atoms with Gasteiger partial charge in [0, 0.05) is 6.54 Å². The summed E-state index contributed by atoms with van der Waals surface area (Å²) in [6, 6.07) is 0. The molecule has 0 radical (unpaired) electrons. The summed E-state index contributed by atoms with van der Waals surface area (Å²) in [6.45, 7) is 5.32. The Morgan fingerprint density at radius 1 is 1.71 bits per heavy atom. The highest BCUT2D eigenvalue weighted by molar-refractivity contribution is 7.11. The lowest BCUT2D eigenvalue weighted by Crippen LogP contribution is -2.38. The number of aryl methyl sites for hydroxylation is 1. The number of amides is 1. The smallest absolute Gasteiger partial charge is 0.263 e. The predicted octanol–water partition coefficient (Wildman–Crippen LogP) is 0.952. The van der Waals surface area contributed by atoms with Crippen LogP contribution in [0.25, 0.3) is 0 Å². The summed E-state index contributed by atoms with van der Waals surface area (Å²) in [4.78, 5) is 16.1. The van der Waals surface area contributed by atoms with Crippen molar-refractivity contribution in [1.29, 1.82) is 0 Å². The third kappa shape index (κ3) is 3.08. The highest BCUT2D eigenvalue weighted by Gasteiger charge is 2.16. The number of aliphatic hydroxyl groups is 1. The molecule has 2 N–H and O–H groups in total. The number of rotatable bonds is 3. The third-order valence-corrected chi connectivity index (χ3v) is 2.56. The minimum atomic E-state index is -0.881. The Labute approximate surface area is 87.0 Å². The summed E-state index contributed by atoms with van der Waals surface area (Å²) in [5.74, 6) is -0.174. The molecular formula is C9H14N2O2S. The summed E-state index contributed by atoms with van der Waals surface area (Å²) in [7, 11) is 0. The third-order valence-electron chi connectivity index (χ3n) is 1.63. The molecular weight excluding hydrogens is 200 g/mol. The average molecular weight is 214 g/mol. The van der Waals surface area contributed by atoms with E-state index in [1.165, 1.54) is 11.3 Å². The van der Waals surface area contributed by atoms with Crippen LogP contribution >= 0.6 is 11.3 Å². The molecule has 1 aromatic rings. The van der Waals surface area contributed by atoms with Crippen molar-refractivity contribution in [3.05, 3.63) is 16.1 Å². The van der Waals surface area contributed by atoms with E-state index in [0.29, 0.717) is 4.88 Å². The van der Waals surface area contributed by atoms with Gasteiger partial charge in [-0.25, -0.2) is 4.98 Å². The molecule has 1 heterocycles. The molecule has 0 fully saturated rings. The molecule has 1 rings (SSSR count). The Kier molecular flexibility index (Phi) is 3.23. The van der Waals surface area contributed by atoms with Gasteiger partial charge in [-0.05, 0) is 20.8 Å². The zero-order valence-electron chi connectivity index (χ0n) is 8.50. The average Bonchev–Trinajstić information content (AvgIpc) is 2.46. The molecule has 0 aliphatic rings. The van der Waals surface area contributed by atoms with Crippen molar-refractivity contribution in [2.24, 2.45) is 0 Å². The molecule has 78 valence electrons. The van der Waals surface area contributed by atoms with Gasteiger partial charge in [0.25, 0.3) is 5.91 Å². The van der Waals surface area contributed by atoms with E-state index in [-0.39, 0.29) is 12.5 Å². The number of carbonyl (C=O) groups is 1. The fourth-order valence-electron chi connectivity index (χ4n) is 0.897. The van der Waals surface area contributed by atoms with Crippen LogP contribution in [0.2, 0.25) is 0 Å². The van der Waals surface area contributed by atoms with Crippen LogP contribution in [-0.4, -0.2) is 28.1 Å². The minimum Gasteiger partial charge on any atom is -0.389 e. The van der Waals surface area contributed by atoms with E-state index in [4.69, 9.17) is 0 Å². The maximum atomic E-state index is 11.5.